The smallest absolute Gasteiger partial charge is 0.250 e. The highest BCUT2D eigenvalue weighted by Crippen LogP contribution is 2.23. The number of aryl methyl sites for hydroxylation is 2. The first-order valence-electron chi connectivity index (χ1n) is 8.16. The van der Waals surface area contributed by atoms with Crippen molar-refractivity contribution in [3.8, 4) is 0 Å². The summed E-state index contributed by atoms with van der Waals surface area (Å²) < 4.78 is 1.63. The van der Waals surface area contributed by atoms with E-state index in [4.69, 9.17) is 0 Å². The first-order chi connectivity index (χ1) is 10.7. The van der Waals surface area contributed by atoms with Crippen LogP contribution in [0.1, 0.15) is 30.4 Å². The monoisotopic (exact) mass is 296 g/mol. The highest BCUT2D eigenvalue weighted by Gasteiger charge is 2.24. The van der Waals surface area contributed by atoms with Crippen molar-refractivity contribution in [3.05, 3.63) is 70.1 Å². The van der Waals surface area contributed by atoms with E-state index in [2.05, 4.69) is 41.3 Å². The Balaban J connectivity index is 1.60. The maximum atomic E-state index is 11.8. The van der Waals surface area contributed by atoms with E-state index < -0.39 is 0 Å². The second kappa shape index (κ2) is 6.93. The van der Waals surface area contributed by atoms with Crippen LogP contribution in [-0.4, -0.2) is 22.1 Å². The normalized spacial score (nSPS) is 18.7. The van der Waals surface area contributed by atoms with Gasteiger partial charge in [0.1, 0.15) is 0 Å². The van der Waals surface area contributed by atoms with Gasteiger partial charge in [0.15, 0.2) is 0 Å². The lowest BCUT2D eigenvalue weighted by Gasteiger charge is -2.24. The van der Waals surface area contributed by atoms with E-state index in [1.807, 2.05) is 6.20 Å². The molecule has 2 heterocycles. The second-order valence-corrected chi connectivity index (χ2v) is 6.27. The molecule has 2 aromatic rings. The van der Waals surface area contributed by atoms with Gasteiger partial charge in [-0.15, -0.1) is 0 Å². The van der Waals surface area contributed by atoms with E-state index in [1.165, 1.54) is 24.8 Å². The molecule has 0 aliphatic carbocycles. The molecule has 3 heteroatoms. The third-order valence-corrected chi connectivity index (χ3v) is 4.66. The molecule has 1 atom stereocenters. The van der Waals surface area contributed by atoms with Crippen molar-refractivity contribution in [1.82, 2.24) is 9.47 Å². The molecule has 0 unspecified atom stereocenters. The summed E-state index contributed by atoms with van der Waals surface area (Å²) >= 11 is 0. The predicted octanol–water partition coefficient (Wildman–Crippen LogP) is 2.98. The van der Waals surface area contributed by atoms with E-state index in [0.29, 0.717) is 6.04 Å². The fourth-order valence-electron chi connectivity index (χ4n) is 3.33. The SMILES string of the molecule is Cn1ccc(CN2CCC[C@H]2CCc2ccccc2)cc1=O. The zero-order valence-electron chi connectivity index (χ0n) is 13.2. The second-order valence-electron chi connectivity index (χ2n) is 6.27. The molecule has 1 aromatic heterocycles. The molecule has 1 saturated heterocycles. The highest BCUT2D eigenvalue weighted by molar-refractivity contribution is 5.15. The molecule has 0 spiro atoms. The molecule has 22 heavy (non-hydrogen) atoms. The maximum Gasteiger partial charge on any atom is 0.250 e. The van der Waals surface area contributed by atoms with Crippen molar-refractivity contribution in [2.45, 2.75) is 38.3 Å². The molecule has 3 nitrogen and oxygen atoms in total. The Bertz CT molecular complexity index is 663. The zero-order valence-corrected chi connectivity index (χ0v) is 13.2. The largest absolute Gasteiger partial charge is 0.319 e. The quantitative estimate of drug-likeness (QED) is 0.847. The molecule has 3 rings (SSSR count). The van der Waals surface area contributed by atoms with Crippen molar-refractivity contribution >= 4 is 0 Å². The van der Waals surface area contributed by atoms with Gasteiger partial charge >= 0.3 is 0 Å². The van der Waals surface area contributed by atoms with Crippen LogP contribution in [0.3, 0.4) is 0 Å². The van der Waals surface area contributed by atoms with Gasteiger partial charge in [-0.05, 0) is 49.4 Å². The topological polar surface area (TPSA) is 25.2 Å². The van der Waals surface area contributed by atoms with Crippen LogP contribution in [0.25, 0.3) is 0 Å². The molecular weight excluding hydrogens is 272 g/mol. The van der Waals surface area contributed by atoms with Gasteiger partial charge in [0.05, 0.1) is 0 Å². The Hall–Kier alpha value is -1.87. The van der Waals surface area contributed by atoms with Gasteiger partial charge in [-0.2, -0.15) is 0 Å². The Kier molecular flexibility index (Phi) is 4.74. The number of rotatable bonds is 5. The number of aromatic nitrogens is 1. The summed E-state index contributed by atoms with van der Waals surface area (Å²) in [4.78, 5) is 14.3. The van der Waals surface area contributed by atoms with Crippen LogP contribution in [0.4, 0.5) is 0 Å². The molecule has 1 aromatic carbocycles. The summed E-state index contributed by atoms with van der Waals surface area (Å²) in [5.41, 5.74) is 2.63. The number of pyridine rings is 1. The van der Waals surface area contributed by atoms with E-state index >= 15 is 0 Å². The molecule has 1 aliphatic rings. The third-order valence-electron chi connectivity index (χ3n) is 4.66. The molecule has 0 amide bonds. The first-order valence-corrected chi connectivity index (χ1v) is 8.16. The third kappa shape index (κ3) is 3.66. The van der Waals surface area contributed by atoms with Gasteiger partial charge in [-0.1, -0.05) is 30.3 Å². The average molecular weight is 296 g/mol. The van der Waals surface area contributed by atoms with Crippen LogP contribution in [0.5, 0.6) is 0 Å². The summed E-state index contributed by atoms with van der Waals surface area (Å²) in [6, 6.07) is 15.2. The molecule has 1 aliphatic heterocycles. The van der Waals surface area contributed by atoms with Crippen molar-refractivity contribution in [2.24, 2.45) is 7.05 Å². The number of hydrogen-bond donors (Lipinski definition) is 0. The fourth-order valence-corrected chi connectivity index (χ4v) is 3.33. The first kappa shape index (κ1) is 15.0. The minimum absolute atomic E-state index is 0.0810. The number of nitrogens with zero attached hydrogens (tertiary/aromatic N) is 2. The molecule has 0 radical (unpaired) electrons. The number of likely N-dealkylation sites (tertiary alicyclic amines) is 1. The summed E-state index contributed by atoms with van der Waals surface area (Å²) in [6.45, 7) is 2.05. The number of benzene rings is 1. The van der Waals surface area contributed by atoms with Crippen LogP contribution in [-0.2, 0) is 20.0 Å². The molecule has 116 valence electrons. The van der Waals surface area contributed by atoms with Gasteiger partial charge in [-0.25, -0.2) is 0 Å². The Labute approximate surface area is 132 Å². The van der Waals surface area contributed by atoms with E-state index in [0.717, 1.165) is 25.1 Å². The van der Waals surface area contributed by atoms with Gasteiger partial charge in [0, 0.05) is 31.9 Å². The molecule has 1 fully saturated rings. The lowest BCUT2D eigenvalue weighted by atomic mass is 10.0. The number of hydrogen-bond acceptors (Lipinski definition) is 2. The van der Waals surface area contributed by atoms with Gasteiger partial charge < -0.3 is 4.57 Å². The van der Waals surface area contributed by atoms with Gasteiger partial charge in [0.2, 0.25) is 0 Å². The van der Waals surface area contributed by atoms with Crippen molar-refractivity contribution in [3.63, 3.8) is 0 Å². The van der Waals surface area contributed by atoms with E-state index in [1.54, 1.807) is 17.7 Å². The molecule has 0 bridgehead atoms. The minimum Gasteiger partial charge on any atom is -0.319 e. The van der Waals surface area contributed by atoms with Crippen LogP contribution >= 0.6 is 0 Å². The minimum atomic E-state index is 0.0810. The lowest BCUT2D eigenvalue weighted by Crippen LogP contribution is -2.30. The fraction of sp³-hybridized carbons (Fsp3) is 0.421. The molecule has 0 N–H and O–H groups in total. The standard InChI is InChI=1S/C19H24N2O/c1-20-13-11-17(14-19(20)22)15-21-12-5-8-18(21)10-9-16-6-3-2-4-7-16/h2-4,6-7,11,13-14,18H,5,8-10,12,15H2,1H3/t18-/m0/s1. The zero-order chi connectivity index (χ0) is 15.4. The lowest BCUT2D eigenvalue weighted by molar-refractivity contribution is 0.234. The molecular formula is C19H24N2O. The van der Waals surface area contributed by atoms with E-state index in [-0.39, 0.29) is 5.56 Å². The average Bonchev–Trinajstić information content (AvgIpc) is 2.97. The summed E-state index contributed by atoms with van der Waals surface area (Å²) in [5.74, 6) is 0. The van der Waals surface area contributed by atoms with Crippen molar-refractivity contribution in [2.75, 3.05) is 6.54 Å². The van der Waals surface area contributed by atoms with Crippen LogP contribution in [0, 0.1) is 0 Å². The Morgan fingerprint density at radius 2 is 1.95 bits per heavy atom. The van der Waals surface area contributed by atoms with Crippen molar-refractivity contribution in [1.29, 1.82) is 0 Å². The Morgan fingerprint density at radius 3 is 2.73 bits per heavy atom. The Morgan fingerprint density at radius 1 is 1.14 bits per heavy atom. The van der Waals surface area contributed by atoms with Crippen molar-refractivity contribution < 1.29 is 0 Å². The highest BCUT2D eigenvalue weighted by atomic mass is 16.1. The summed E-state index contributed by atoms with van der Waals surface area (Å²) in [5, 5.41) is 0. The van der Waals surface area contributed by atoms with Gasteiger partial charge in [0.25, 0.3) is 5.56 Å². The maximum absolute atomic E-state index is 11.8. The van der Waals surface area contributed by atoms with Crippen LogP contribution in [0.15, 0.2) is 53.5 Å². The predicted molar refractivity (Wildman–Crippen MR) is 89.9 cm³/mol. The molecule has 0 saturated carbocycles. The van der Waals surface area contributed by atoms with Gasteiger partial charge in [-0.3, -0.25) is 9.69 Å². The van der Waals surface area contributed by atoms with Crippen LogP contribution < -0.4 is 5.56 Å². The summed E-state index contributed by atoms with van der Waals surface area (Å²) in [6.07, 6.45) is 6.75. The summed E-state index contributed by atoms with van der Waals surface area (Å²) in [7, 11) is 1.80. The van der Waals surface area contributed by atoms with E-state index in [9.17, 15) is 4.79 Å². The van der Waals surface area contributed by atoms with Crippen LogP contribution in [0.2, 0.25) is 0 Å².